The maximum Gasteiger partial charge on any atom is 0.334 e. The van der Waals surface area contributed by atoms with Crippen LogP contribution in [0.5, 0.6) is 5.75 Å². The van der Waals surface area contributed by atoms with Gasteiger partial charge in [0.05, 0.1) is 13.2 Å². The molecule has 3 rings (SSSR count). The highest BCUT2D eigenvalue weighted by Crippen LogP contribution is 2.29. The molecule has 0 amide bonds. The van der Waals surface area contributed by atoms with E-state index in [1.54, 1.807) is 6.92 Å². The molecular formula is C22H27BBrNO3. The van der Waals surface area contributed by atoms with Gasteiger partial charge in [0.2, 0.25) is 0 Å². The molecule has 1 aliphatic heterocycles. The monoisotopic (exact) mass is 443 g/mol. The van der Waals surface area contributed by atoms with Crippen LogP contribution >= 0.6 is 15.9 Å². The van der Waals surface area contributed by atoms with Gasteiger partial charge in [-0.3, -0.25) is 4.98 Å². The van der Waals surface area contributed by atoms with Gasteiger partial charge in [0.1, 0.15) is 5.75 Å². The Morgan fingerprint density at radius 1 is 1.25 bits per heavy atom. The summed E-state index contributed by atoms with van der Waals surface area (Å²) in [6.07, 6.45) is 8.63. The van der Waals surface area contributed by atoms with Gasteiger partial charge in [-0.2, -0.15) is 0 Å². The molecule has 4 nitrogen and oxygen atoms in total. The summed E-state index contributed by atoms with van der Waals surface area (Å²) in [7, 11) is 0. The Kier molecular flexibility index (Phi) is 9.28. The number of carbonyl (C=O) groups is 1. The molecule has 2 aromatic rings. The summed E-state index contributed by atoms with van der Waals surface area (Å²) in [5.41, 5.74) is 2.93. The summed E-state index contributed by atoms with van der Waals surface area (Å²) in [6.45, 7) is 7.84. The maximum atomic E-state index is 11.7. The predicted octanol–water partition coefficient (Wildman–Crippen LogP) is 5.00. The fourth-order valence-electron chi connectivity index (χ4n) is 3.06. The Bertz CT molecular complexity index is 792. The quantitative estimate of drug-likeness (QED) is 0.481. The molecule has 148 valence electrons. The molecule has 0 atom stereocenters. The number of pyridine rings is 1. The first kappa shape index (κ1) is 22.2. The third kappa shape index (κ3) is 6.52. The minimum atomic E-state index is -0.260. The highest BCUT2D eigenvalue weighted by atomic mass is 79.9. The molecule has 6 heteroatoms. The molecule has 0 saturated heterocycles. The third-order valence-corrected chi connectivity index (χ3v) is 5.10. The third-order valence-electron chi connectivity index (χ3n) is 4.61. The minimum Gasteiger partial charge on any atom is -0.493 e. The second-order valence-corrected chi connectivity index (χ2v) is 7.39. The number of rotatable bonds is 5. The SMILES string of the molecule is CCB(CC)c1cccnc1.CCOC(=O)C1=Cc2cc(Br)ccc2OCC1. The molecule has 1 aliphatic rings. The van der Waals surface area contributed by atoms with Crippen molar-refractivity contribution in [3.8, 4) is 5.75 Å². The van der Waals surface area contributed by atoms with Crippen molar-refractivity contribution >= 4 is 40.2 Å². The molecule has 0 N–H and O–H groups in total. The first-order chi connectivity index (χ1) is 13.6. The lowest BCUT2D eigenvalue weighted by atomic mass is 9.42. The number of aromatic nitrogens is 1. The van der Waals surface area contributed by atoms with Crippen molar-refractivity contribution in [3.63, 3.8) is 0 Å². The van der Waals surface area contributed by atoms with E-state index in [1.807, 2.05) is 42.7 Å². The van der Waals surface area contributed by atoms with E-state index in [2.05, 4.69) is 40.8 Å². The van der Waals surface area contributed by atoms with Crippen LogP contribution in [0.4, 0.5) is 0 Å². The summed E-state index contributed by atoms with van der Waals surface area (Å²) < 4.78 is 11.5. The summed E-state index contributed by atoms with van der Waals surface area (Å²) in [4.78, 5) is 15.8. The average molecular weight is 444 g/mol. The van der Waals surface area contributed by atoms with Crippen LogP contribution in [0.25, 0.3) is 6.08 Å². The van der Waals surface area contributed by atoms with E-state index in [4.69, 9.17) is 9.47 Å². The lowest BCUT2D eigenvalue weighted by molar-refractivity contribution is -0.138. The van der Waals surface area contributed by atoms with Crippen molar-refractivity contribution in [2.45, 2.75) is 39.8 Å². The summed E-state index contributed by atoms with van der Waals surface area (Å²) >= 11 is 3.40. The Balaban J connectivity index is 0.000000221. The van der Waals surface area contributed by atoms with E-state index < -0.39 is 0 Å². The number of benzene rings is 1. The Hall–Kier alpha value is -2.08. The van der Waals surface area contributed by atoms with Gasteiger partial charge in [0.25, 0.3) is 0 Å². The van der Waals surface area contributed by atoms with Gasteiger partial charge in [0, 0.05) is 34.4 Å². The fraction of sp³-hybridized carbons (Fsp3) is 0.364. The lowest BCUT2D eigenvalue weighted by Gasteiger charge is -2.06. The zero-order valence-electron chi connectivity index (χ0n) is 16.8. The topological polar surface area (TPSA) is 48.4 Å². The van der Waals surface area contributed by atoms with Gasteiger partial charge < -0.3 is 9.47 Å². The van der Waals surface area contributed by atoms with Crippen molar-refractivity contribution in [1.82, 2.24) is 4.98 Å². The Morgan fingerprint density at radius 3 is 2.68 bits per heavy atom. The Morgan fingerprint density at radius 2 is 2.04 bits per heavy atom. The van der Waals surface area contributed by atoms with E-state index in [0.717, 1.165) is 15.8 Å². The van der Waals surface area contributed by atoms with Gasteiger partial charge in [-0.05, 0) is 37.3 Å². The first-order valence-electron chi connectivity index (χ1n) is 9.78. The number of halogens is 1. The van der Waals surface area contributed by atoms with Gasteiger partial charge in [-0.15, -0.1) is 0 Å². The van der Waals surface area contributed by atoms with Gasteiger partial charge >= 0.3 is 5.97 Å². The van der Waals surface area contributed by atoms with E-state index in [1.165, 1.54) is 18.1 Å². The van der Waals surface area contributed by atoms with E-state index in [-0.39, 0.29) is 5.97 Å². The molecule has 2 heterocycles. The van der Waals surface area contributed by atoms with E-state index >= 15 is 0 Å². The van der Waals surface area contributed by atoms with Gasteiger partial charge in [-0.1, -0.05) is 53.9 Å². The van der Waals surface area contributed by atoms with Crippen molar-refractivity contribution in [2.24, 2.45) is 0 Å². The Labute approximate surface area is 176 Å². The largest absolute Gasteiger partial charge is 0.493 e. The van der Waals surface area contributed by atoms with Crippen molar-refractivity contribution in [1.29, 1.82) is 0 Å². The number of ether oxygens (including phenoxy) is 2. The lowest BCUT2D eigenvalue weighted by Crippen LogP contribution is -2.27. The van der Waals surface area contributed by atoms with Crippen LogP contribution in [0.1, 0.15) is 32.8 Å². The highest BCUT2D eigenvalue weighted by Gasteiger charge is 2.16. The van der Waals surface area contributed by atoms with Crippen molar-refractivity contribution in [2.75, 3.05) is 13.2 Å². The van der Waals surface area contributed by atoms with Crippen LogP contribution in [0.15, 0.2) is 52.8 Å². The van der Waals surface area contributed by atoms with Crippen LogP contribution in [-0.4, -0.2) is 30.9 Å². The summed E-state index contributed by atoms with van der Waals surface area (Å²) in [5.74, 6) is 0.538. The molecule has 1 aromatic carbocycles. The van der Waals surface area contributed by atoms with Crippen LogP contribution in [-0.2, 0) is 9.53 Å². The maximum absolute atomic E-state index is 11.7. The second-order valence-electron chi connectivity index (χ2n) is 6.47. The fourth-order valence-corrected chi connectivity index (χ4v) is 3.44. The van der Waals surface area contributed by atoms with E-state index in [9.17, 15) is 4.79 Å². The molecule has 1 aromatic heterocycles. The van der Waals surface area contributed by atoms with Crippen LogP contribution in [0.2, 0.25) is 12.6 Å². The average Bonchev–Trinajstić information content (AvgIpc) is 2.92. The van der Waals surface area contributed by atoms with Crippen molar-refractivity contribution < 1.29 is 14.3 Å². The molecule has 0 fully saturated rings. The van der Waals surface area contributed by atoms with Crippen LogP contribution in [0, 0.1) is 0 Å². The predicted molar refractivity (Wildman–Crippen MR) is 119 cm³/mol. The number of hydrogen-bond donors (Lipinski definition) is 0. The molecule has 28 heavy (non-hydrogen) atoms. The number of nitrogens with zero attached hydrogens (tertiary/aromatic N) is 1. The van der Waals surface area contributed by atoms with Gasteiger partial charge in [0.15, 0.2) is 6.71 Å². The number of hydrogen-bond acceptors (Lipinski definition) is 4. The number of carbonyl (C=O) groups excluding carboxylic acids is 1. The molecule has 0 aliphatic carbocycles. The number of esters is 1. The van der Waals surface area contributed by atoms with Crippen molar-refractivity contribution in [3.05, 3.63) is 58.3 Å². The van der Waals surface area contributed by atoms with Crippen LogP contribution in [0.3, 0.4) is 0 Å². The molecule has 0 spiro atoms. The number of fused-ring (bicyclic) bond motifs is 1. The smallest absolute Gasteiger partial charge is 0.334 e. The second kappa shape index (κ2) is 11.7. The standard InChI is InChI=1S/C13H13BrO3.C9H14BN/c1-2-16-13(15)9-5-6-17-12-4-3-11(14)8-10(12)7-9;1-3-10(4-2)9-6-5-7-11-8-9/h3-4,7-8H,2,5-6H2,1H3;5-8H,3-4H2,1-2H3. The summed E-state index contributed by atoms with van der Waals surface area (Å²) in [5, 5.41) is 0. The summed E-state index contributed by atoms with van der Waals surface area (Å²) in [6, 6.07) is 9.91. The molecular weight excluding hydrogens is 417 g/mol. The molecule has 0 saturated carbocycles. The van der Waals surface area contributed by atoms with Gasteiger partial charge in [-0.25, -0.2) is 4.79 Å². The molecule has 0 unspecified atom stereocenters. The first-order valence-corrected chi connectivity index (χ1v) is 10.6. The highest BCUT2D eigenvalue weighted by molar-refractivity contribution is 9.10. The molecule has 0 bridgehead atoms. The zero-order valence-corrected chi connectivity index (χ0v) is 18.4. The molecule has 0 radical (unpaired) electrons. The minimum absolute atomic E-state index is 0.260. The van der Waals surface area contributed by atoms with E-state index in [0.29, 0.717) is 31.9 Å². The van der Waals surface area contributed by atoms with Crippen LogP contribution < -0.4 is 10.2 Å². The zero-order chi connectivity index (χ0) is 20.4. The normalized spacial score (nSPS) is 12.4.